The second-order valence-electron chi connectivity index (χ2n) is 3.70. The molecule has 90 valence electrons. The average molecular weight is 226 g/mol. The van der Waals surface area contributed by atoms with E-state index in [9.17, 15) is 9.59 Å². The van der Waals surface area contributed by atoms with Gasteiger partial charge in [-0.05, 0) is 20.8 Å². The molecule has 0 rings (SSSR count). The Hall–Kier alpha value is -1.61. The summed E-state index contributed by atoms with van der Waals surface area (Å²) >= 11 is 0. The topological polar surface area (TPSA) is 94.0 Å². The van der Waals surface area contributed by atoms with Gasteiger partial charge in [-0.25, -0.2) is 0 Å². The fraction of sp³-hybridized carbons (Fsp3) is 0.700. The maximum Gasteiger partial charge on any atom is 0.237 e. The van der Waals surface area contributed by atoms with E-state index in [4.69, 9.17) is 5.26 Å². The number of nitrogens with one attached hydrogen (secondary N) is 3. The van der Waals surface area contributed by atoms with Gasteiger partial charge in [0.05, 0.1) is 18.7 Å². The number of hydrogen-bond acceptors (Lipinski definition) is 4. The van der Waals surface area contributed by atoms with E-state index in [2.05, 4.69) is 16.0 Å². The number of rotatable bonds is 6. The summed E-state index contributed by atoms with van der Waals surface area (Å²) in [5.41, 5.74) is 0. The van der Waals surface area contributed by atoms with E-state index < -0.39 is 6.04 Å². The van der Waals surface area contributed by atoms with Crippen molar-refractivity contribution in [3.63, 3.8) is 0 Å². The summed E-state index contributed by atoms with van der Waals surface area (Å²) in [5, 5.41) is 16.1. The third-order valence-corrected chi connectivity index (χ3v) is 1.76. The van der Waals surface area contributed by atoms with Gasteiger partial charge >= 0.3 is 0 Å². The van der Waals surface area contributed by atoms with Crippen molar-refractivity contribution >= 4 is 11.8 Å². The summed E-state index contributed by atoms with van der Waals surface area (Å²) in [6, 6.07) is 1.43. The molecule has 0 bridgehead atoms. The number of nitriles is 1. The van der Waals surface area contributed by atoms with Crippen molar-refractivity contribution < 1.29 is 9.59 Å². The summed E-state index contributed by atoms with van der Waals surface area (Å²) in [4.78, 5) is 22.5. The Balaban J connectivity index is 3.80. The molecule has 1 atom stereocenters. The number of nitrogens with zero attached hydrogens (tertiary/aromatic N) is 1. The zero-order valence-electron chi connectivity index (χ0n) is 9.83. The van der Waals surface area contributed by atoms with Gasteiger partial charge in [0.15, 0.2) is 0 Å². The predicted octanol–water partition coefficient (Wildman–Crippen LogP) is -0.871. The van der Waals surface area contributed by atoms with Crippen molar-refractivity contribution in [2.75, 3.05) is 13.1 Å². The van der Waals surface area contributed by atoms with Gasteiger partial charge in [-0.15, -0.1) is 0 Å². The molecule has 0 heterocycles. The highest BCUT2D eigenvalue weighted by Gasteiger charge is 2.13. The number of carbonyl (C=O) groups excluding carboxylic acids is 2. The lowest BCUT2D eigenvalue weighted by Crippen LogP contribution is -2.47. The molecule has 6 heteroatoms. The molecule has 0 aliphatic carbocycles. The van der Waals surface area contributed by atoms with Crippen molar-refractivity contribution in [1.82, 2.24) is 16.0 Å². The quantitative estimate of drug-likeness (QED) is 0.513. The smallest absolute Gasteiger partial charge is 0.237 e. The lowest BCUT2D eigenvalue weighted by atomic mass is 10.3. The van der Waals surface area contributed by atoms with E-state index in [0.29, 0.717) is 0 Å². The van der Waals surface area contributed by atoms with Crippen LogP contribution in [0.25, 0.3) is 0 Å². The minimum atomic E-state index is -0.435. The Morgan fingerprint density at radius 3 is 2.44 bits per heavy atom. The fourth-order valence-corrected chi connectivity index (χ4v) is 0.949. The van der Waals surface area contributed by atoms with Gasteiger partial charge in [0.2, 0.25) is 11.8 Å². The first-order valence-electron chi connectivity index (χ1n) is 5.14. The van der Waals surface area contributed by atoms with Gasteiger partial charge in [-0.3, -0.25) is 14.9 Å². The van der Waals surface area contributed by atoms with Gasteiger partial charge in [-0.1, -0.05) is 0 Å². The number of carbonyl (C=O) groups is 2. The van der Waals surface area contributed by atoms with Crippen molar-refractivity contribution in [3.8, 4) is 6.07 Å². The van der Waals surface area contributed by atoms with Crippen LogP contribution < -0.4 is 16.0 Å². The van der Waals surface area contributed by atoms with Gasteiger partial charge in [0, 0.05) is 6.04 Å². The highest BCUT2D eigenvalue weighted by Crippen LogP contribution is 1.84. The Kier molecular flexibility index (Phi) is 6.88. The van der Waals surface area contributed by atoms with E-state index in [1.165, 1.54) is 0 Å². The van der Waals surface area contributed by atoms with Gasteiger partial charge in [0.25, 0.3) is 0 Å². The van der Waals surface area contributed by atoms with Crippen LogP contribution in [-0.2, 0) is 9.59 Å². The standard InChI is InChI=1S/C10H18N4O2/c1-7(2)14-10(16)8(3)13-6-9(15)12-5-4-11/h7-8,13H,5-6H2,1-3H3,(H,12,15)(H,14,16). The molecule has 0 aliphatic heterocycles. The fourth-order valence-electron chi connectivity index (χ4n) is 0.949. The Morgan fingerprint density at radius 2 is 1.94 bits per heavy atom. The van der Waals surface area contributed by atoms with Crippen LogP contribution in [0, 0.1) is 11.3 Å². The van der Waals surface area contributed by atoms with Gasteiger partial charge < -0.3 is 10.6 Å². The molecular formula is C10H18N4O2. The van der Waals surface area contributed by atoms with Crippen molar-refractivity contribution in [1.29, 1.82) is 5.26 Å². The zero-order chi connectivity index (χ0) is 12.6. The van der Waals surface area contributed by atoms with E-state index in [0.717, 1.165) is 0 Å². The first-order valence-corrected chi connectivity index (χ1v) is 5.14. The lowest BCUT2D eigenvalue weighted by molar-refractivity contribution is -0.123. The third kappa shape index (κ3) is 6.79. The van der Waals surface area contributed by atoms with Crippen LogP contribution >= 0.6 is 0 Å². The van der Waals surface area contributed by atoms with E-state index >= 15 is 0 Å². The highest BCUT2D eigenvalue weighted by atomic mass is 16.2. The zero-order valence-corrected chi connectivity index (χ0v) is 9.83. The molecule has 0 saturated carbocycles. The second kappa shape index (κ2) is 7.65. The van der Waals surface area contributed by atoms with Crippen LogP contribution in [0.15, 0.2) is 0 Å². The van der Waals surface area contributed by atoms with Crippen LogP contribution in [0.5, 0.6) is 0 Å². The Bertz CT molecular complexity index is 283. The first kappa shape index (κ1) is 14.4. The van der Waals surface area contributed by atoms with E-state index in [1.807, 2.05) is 13.8 Å². The van der Waals surface area contributed by atoms with Crippen LogP contribution in [0.2, 0.25) is 0 Å². The minimum Gasteiger partial charge on any atom is -0.353 e. The molecule has 0 aromatic carbocycles. The van der Waals surface area contributed by atoms with Crippen LogP contribution in [0.3, 0.4) is 0 Å². The molecular weight excluding hydrogens is 208 g/mol. The maximum atomic E-state index is 11.4. The molecule has 0 spiro atoms. The molecule has 0 saturated heterocycles. The monoisotopic (exact) mass is 226 g/mol. The molecule has 6 nitrogen and oxygen atoms in total. The van der Waals surface area contributed by atoms with Crippen LogP contribution in [0.4, 0.5) is 0 Å². The first-order chi connectivity index (χ1) is 7.47. The summed E-state index contributed by atoms with van der Waals surface area (Å²) in [7, 11) is 0. The Morgan fingerprint density at radius 1 is 1.31 bits per heavy atom. The molecule has 0 fully saturated rings. The van der Waals surface area contributed by atoms with E-state index in [-0.39, 0.29) is 30.9 Å². The number of hydrogen-bond donors (Lipinski definition) is 3. The molecule has 0 radical (unpaired) electrons. The minimum absolute atomic E-state index is 0.0207. The SMILES string of the molecule is CC(C)NC(=O)C(C)NCC(=O)NCC#N. The van der Waals surface area contributed by atoms with Crippen molar-refractivity contribution in [2.45, 2.75) is 32.9 Å². The molecule has 16 heavy (non-hydrogen) atoms. The van der Waals surface area contributed by atoms with Crippen molar-refractivity contribution in [3.05, 3.63) is 0 Å². The number of amides is 2. The molecule has 2 amide bonds. The summed E-state index contributed by atoms with van der Waals surface area (Å²) < 4.78 is 0. The normalized spacial score (nSPS) is 11.7. The Labute approximate surface area is 95.4 Å². The van der Waals surface area contributed by atoms with Crippen LogP contribution in [0.1, 0.15) is 20.8 Å². The lowest BCUT2D eigenvalue weighted by Gasteiger charge is -2.15. The highest BCUT2D eigenvalue weighted by molar-refractivity contribution is 5.83. The molecule has 0 aromatic heterocycles. The molecule has 1 unspecified atom stereocenters. The van der Waals surface area contributed by atoms with Crippen LogP contribution in [-0.4, -0.2) is 37.0 Å². The average Bonchev–Trinajstić information content (AvgIpc) is 2.21. The van der Waals surface area contributed by atoms with Crippen molar-refractivity contribution in [2.24, 2.45) is 0 Å². The largest absolute Gasteiger partial charge is 0.353 e. The third-order valence-electron chi connectivity index (χ3n) is 1.76. The predicted molar refractivity (Wildman–Crippen MR) is 59.4 cm³/mol. The summed E-state index contributed by atoms with van der Waals surface area (Å²) in [5.74, 6) is -0.450. The molecule has 0 aromatic rings. The van der Waals surface area contributed by atoms with E-state index in [1.54, 1.807) is 13.0 Å². The second-order valence-corrected chi connectivity index (χ2v) is 3.70. The summed E-state index contributed by atoms with van der Waals surface area (Å²) in [6.45, 7) is 5.41. The maximum absolute atomic E-state index is 11.4. The molecule has 0 aliphatic rings. The van der Waals surface area contributed by atoms with Gasteiger partial charge in [0.1, 0.15) is 6.54 Å². The molecule has 3 N–H and O–H groups in total. The van der Waals surface area contributed by atoms with Gasteiger partial charge in [-0.2, -0.15) is 5.26 Å². The summed E-state index contributed by atoms with van der Waals surface area (Å²) in [6.07, 6.45) is 0.